The molecule has 0 bridgehead atoms. The minimum atomic E-state index is -0.173. The van der Waals surface area contributed by atoms with Crippen molar-refractivity contribution in [3.63, 3.8) is 0 Å². The molecule has 3 aromatic rings. The van der Waals surface area contributed by atoms with Crippen molar-refractivity contribution >= 4 is 22.4 Å². The molecule has 2 heteroatoms. The van der Waals surface area contributed by atoms with Crippen LogP contribution in [-0.4, -0.2) is 0 Å². The van der Waals surface area contributed by atoms with E-state index in [-0.39, 0.29) is 5.38 Å². The van der Waals surface area contributed by atoms with Gasteiger partial charge in [-0.15, -0.1) is 11.6 Å². The van der Waals surface area contributed by atoms with E-state index in [0.717, 1.165) is 16.9 Å². The SMILES string of the molecule is Cc1cc(C(Cl)c2cccc3ccccc23)co1. The minimum Gasteiger partial charge on any atom is -0.469 e. The second kappa shape index (κ2) is 4.51. The lowest BCUT2D eigenvalue weighted by Crippen LogP contribution is -1.92. The summed E-state index contributed by atoms with van der Waals surface area (Å²) in [7, 11) is 0. The van der Waals surface area contributed by atoms with E-state index >= 15 is 0 Å². The molecule has 0 fully saturated rings. The number of aryl methyl sites for hydroxylation is 1. The van der Waals surface area contributed by atoms with Crippen LogP contribution in [0.2, 0.25) is 0 Å². The summed E-state index contributed by atoms with van der Waals surface area (Å²) < 4.78 is 5.33. The Morgan fingerprint density at radius 1 is 1.06 bits per heavy atom. The van der Waals surface area contributed by atoms with Crippen LogP contribution in [0.25, 0.3) is 10.8 Å². The van der Waals surface area contributed by atoms with Crippen molar-refractivity contribution < 1.29 is 4.42 Å². The second-order valence-corrected chi connectivity index (χ2v) is 4.86. The van der Waals surface area contributed by atoms with Gasteiger partial charge in [-0.25, -0.2) is 0 Å². The van der Waals surface area contributed by atoms with Gasteiger partial charge in [-0.2, -0.15) is 0 Å². The maximum Gasteiger partial charge on any atom is 0.101 e. The zero-order chi connectivity index (χ0) is 12.5. The molecule has 1 atom stereocenters. The molecule has 0 spiro atoms. The van der Waals surface area contributed by atoms with E-state index in [2.05, 4.69) is 24.3 Å². The van der Waals surface area contributed by atoms with E-state index in [9.17, 15) is 0 Å². The van der Waals surface area contributed by atoms with E-state index in [4.69, 9.17) is 16.0 Å². The molecule has 0 saturated carbocycles. The van der Waals surface area contributed by atoms with Crippen molar-refractivity contribution in [3.05, 3.63) is 71.7 Å². The van der Waals surface area contributed by atoms with Crippen LogP contribution in [0.3, 0.4) is 0 Å². The third-order valence-corrected chi connectivity index (χ3v) is 3.63. The second-order valence-electron chi connectivity index (χ2n) is 4.42. The maximum atomic E-state index is 6.56. The summed E-state index contributed by atoms with van der Waals surface area (Å²) in [5, 5.41) is 2.23. The average molecular weight is 257 g/mol. The summed E-state index contributed by atoms with van der Waals surface area (Å²) in [6.07, 6.45) is 1.73. The molecule has 3 rings (SSSR count). The van der Waals surface area contributed by atoms with Crippen LogP contribution in [0.15, 0.2) is 59.2 Å². The Labute approximate surface area is 111 Å². The first-order valence-corrected chi connectivity index (χ1v) is 6.36. The lowest BCUT2D eigenvalue weighted by molar-refractivity contribution is 0.532. The number of benzene rings is 2. The van der Waals surface area contributed by atoms with Gasteiger partial charge in [0.25, 0.3) is 0 Å². The van der Waals surface area contributed by atoms with E-state index in [1.807, 2.05) is 31.2 Å². The molecule has 90 valence electrons. The summed E-state index contributed by atoms with van der Waals surface area (Å²) in [6.45, 7) is 1.93. The van der Waals surface area contributed by atoms with Gasteiger partial charge in [0.1, 0.15) is 5.76 Å². The van der Waals surface area contributed by atoms with Gasteiger partial charge < -0.3 is 4.42 Å². The summed E-state index contributed by atoms with van der Waals surface area (Å²) in [4.78, 5) is 0. The zero-order valence-electron chi connectivity index (χ0n) is 10.1. The van der Waals surface area contributed by atoms with Crippen LogP contribution in [0.5, 0.6) is 0 Å². The molecule has 0 aliphatic carbocycles. The topological polar surface area (TPSA) is 13.1 Å². The van der Waals surface area contributed by atoms with Gasteiger partial charge in [0.2, 0.25) is 0 Å². The fourth-order valence-corrected chi connectivity index (χ4v) is 2.55. The molecule has 1 unspecified atom stereocenters. The highest BCUT2D eigenvalue weighted by Gasteiger charge is 2.15. The summed E-state index contributed by atoms with van der Waals surface area (Å²) in [5.74, 6) is 0.885. The Morgan fingerprint density at radius 2 is 1.83 bits per heavy atom. The molecule has 0 N–H and O–H groups in total. The van der Waals surface area contributed by atoms with Crippen molar-refractivity contribution in [1.29, 1.82) is 0 Å². The summed E-state index contributed by atoms with van der Waals surface area (Å²) in [6, 6.07) is 16.5. The fourth-order valence-electron chi connectivity index (χ4n) is 2.25. The third kappa shape index (κ3) is 1.91. The number of hydrogen-bond acceptors (Lipinski definition) is 1. The van der Waals surface area contributed by atoms with Crippen LogP contribution in [-0.2, 0) is 0 Å². The van der Waals surface area contributed by atoms with Gasteiger partial charge in [0, 0.05) is 5.56 Å². The molecule has 0 aliphatic rings. The Kier molecular flexibility index (Phi) is 2.85. The van der Waals surface area contributed by atoms with Crippen LogP contribution < -0.4 is 0 Å². The van der Waals surface area contributed by atoms with Crippen molar-refractivity contribution in [3.8, 4) is 0 Å². The van der Waals surface area contributed by atoms with Gasteiger partial charge in [-0.05, 0) is 29.3 Å². The first kappa shape index (κ1) is 11.4. The molecule has 1 heterocycles. The molecule has 1 aromatic heterocycles. The maximum absolute atomic E-state index is 6.56. The molecule has 0 radical (unpaired) electrons. The Morgan fingerprint density at radius 3 is 2.61 bits per heavy atom. The number of alkyl halides is 1. The average Bonchev–Trinajstić information content (AvgIpc) is 2.84. The molecular formula is C16H13ClO. The van der Waals surface area contributed by atoms with E-state index in [1.165, 1.54) is 10.8 Å². The van der Waals surface area contributed by atoms with Crippen molar-refractivity contribution in [2.45, 2.75) is 12.3 Å². The lowest BCUT2D eigenvalue weighted by Gasteiger charge is -2.11. The third-order valence-electron chi connectivity index (χ3n) is 3.14. The predicted octanol–water partition coefficient (Wildman–Crippen LogP) is 5.07. The number of halogens is 1. The monoisotopic (exact) mass is 256 g/mol. The minimum absolute atomic E-state index is 0.173. The van der Waals surface area contributed by atoms with E-state index in [1.54, 1.807) is 6.26 Å². The van der Waals surface area contributed by atoms with Gasteiger partial charge in [0.05, 0.1) is 11.6 Å². The van der Waals surface area contributed by atoms with Crippen molar-refractivity contribution in [2.75, 3.05) is 0 Å². The molecule has 0 amide bonds. The first-order chi connectivity index (χ1) is 8.75. The van der Waals surface area contributed by atoms with Crippen LogP contribution in [0, 0.1) is 6.92 Å². The van der Waals surface area contributed by atoms with Gasteiger partial charge in [-0.1, -0.05) is 42.5 Å². The number of fused-ring (bicyclic) bond motifs is 1. The number of rotatable bonds is 2. The van der Waals surface area contributed by atoms with Crippen LogP contribution in [0.4, 0.5) is 0 Å². The highest BCUT2D eigenvalue weighted by atomic mass is 35.5. The lowest BCUT2D eigenvalue weighted by atomic mass is 9.99. The van der Waals surface area contributed by atoms with Gasteiger partial charge in [0.15, 0.2) is 0 Å². The highest BCUT2D eigenvalue weighted by molar-refractivity contribution is 6.23. The van der Waals surface area contributed by atoms with E-state index < -0.39 is 0 Å². The Balaban J connectivity index is 2.14. The predicted molar refractivity (Wildman–Crippen MR) is 75.1 cm³/mol. The molecular weight excluding hydrogens is 244 g/mol. The van der Waals surface area contributed by atoms with Crippen LogP contribution in [0.1, 0.15) is 22.3 Å². The highest BCUT2D eigenvalue weighted by Crippen LogP contribution is 2.34. The van der Waals surface area contributed by atoms with Gasteiger partial charge in [-0.3, -0.25) is 0 Å². The molecule has 18 heavy (non-hydrogen) atoms. The first-order valence-electron chi connectivity index (χ1n) is 5.92. The zero-order valence-corrected chi connectivity index (χ0v) is 10.8. The summed E-state index contributed by atoms with van der Waals surface area (Å²) >= 11 is 6.56. The Bertz CT molecular complexity index is 679. The number of hydrogen-bond donors (Lipinski definition) is 0. The fraction of sp³-hybridized carbons (Fsp3) is 0.125. The molecule has 0 aliphatic heterocycles. The van der Waals surface area contributed by atoms with Crippen molar-refractivity contribution in [2.24, 2.45) is 0 Å². The molecule has 2 aromatic carbocycles. The van der Waals surface area contributed by atoms with Gasteiger partial charge >= 0.3 is 0 Å². The Hall–Kier alpha value is -1.73. The summed E-state index contributed by atoms with van der Waals surface area (Å²) in [5.41, 5.74) is 2.13. The largest absolute Gasteiger partial charge is 0.469 e. The van der Waals surface area contributed by atoms with E-state index in [0.29, 0.717) is 0 Å². The normalized spacial score (nSPS) is 12.8. The standard InChI is InChI=1S/C16H13ClO/c1-11-9-13(10-18-11)16(17)15-8-4-6-12-5-2-3-7-14(12)15/h2-10,16H,1H3. The number of furan rings is 1. The molecule has 0 saturated heterocycles. The van der Waals surface area contributed by atoms with Crippen LogP contribution >= 0.6 is 11.6 Å². The molecule has 1 nitrogen and oxygen atoms in total. The van der Waals surface area contributed by atoms with Crippen molar-refractivity contribution in [1.82, 2.24) is 0 Å². The quantitative estimate of drug-likeness (QED) is 0.584. The smallest absolute Gasteiger partial charge is 0.101 e.